The van der Waals surface area contributed by atoms with E-state index >= 15 is 0 Å². The van der Waals surface area contributed by atoms with E-state index < -0.39 is 0 Å². The molecule has 0 radical (unpaired) electrons. The Kier molecular flexibility index (Phi) is 1.90. The maximum atomic E-state index is 5.72. The molecule has 0 amide bonds. The van der Waals surface area contributed by atoms with Gasteiger partial charge in [-0.05, 0) is 44.2 Å². The van der Waals surface area contributed by atoms with Gasteiger partial charge in [0.05, 0.1) is 0 Å². The van der Waals surface area contributed by atoms with Crippen LogP contribution in [-0.4, -0.2) is 31.6 Å². The van der Waals surface area contributed by atoms with Gasteiger partial charge in [0, 0.05) is 13.1 Å². The van der Waals surface area contributed by atoms with Gasteiger partial charge < -0.3 is 10.6 Å². The second-order valence-corrected chi connectivity index (χ2v) is 4.22. The lowest BCUT2D eigenvalue weighted by Crippen LogP contribution is -2.23. The molecule has 0 aromatic rings. The Balaban J connectivity index is 2.01. The maximum absolute atomic E-state index is 5.72. The molecule has 1 saturated carbocycles. The minimum atomic E-state index is 0.838. The van der Waals surface area contributed by atoms with Crippen LogP contribution in [0.1, 0.15) is 12.8 Å². The van der Waals surface area contributed by atoms with Gasteiger partial charge in [0.25, 0.3) is 0 Å². The van der Waals surface area contributed by atoms with Crippen LogP contribution in [0.15, 0.2) is 0 Å². The van der Waals surface area contributed by atoms with E-state index in [0.29, 0.717) is 0 Å². The Morgan fingerprint density at radius 3 is 2.91 bits per heavy atom. The summed E-state index contributed by atoms with van der Waals surface area (Å²) < 4.78 is 0. The first-order valence-corrected chi connectivity index (χ1v) is 4.70. The molecule has 2 N–H and O–H groups in total. The molecule has 0 spiro atoms. The van der Waals surface area contributed by atoms with Crippen molar-refractivity contribution >= 4 is 0 Å². The monoisotopic (exact) mass is 154 g/mol. The predicted molar refractivity (Wildman–Crippen MR) is 46.3 cm³/mol. The van der Waals surface area contributed by atoms with Crippen LogP contribution in [0.25, 0.3) is 0 Å². The average molecular weight is 154 g/mol. The molecule has 1 saturated heterocycles. The van der Waals surface area contributed by atoms with E-state index in [-0.39, 0.29) is 0 Å². The smallest absolute Gasteiger partial charge is 0.00130 e. The van der Waals surface area contributed by atoms with Crippen molar-refractivity contribution < 1.29 is 0 Å². The van der Waals surface area contributed by atoms with Crippen molar-refractivity contribution in [3.05, 3.63) is 0 Å². The third-order valence-corrected chi connectivity index (χ3v) is 3.49. The van der Waals surface area contributed by atoms with E-state index in [2.05, 4.69) is 11.9 Å². The van der Waals surface area contributed by atoms with Gasteiger partial charge in [-0.3, -0.25) is 0 Å². The summed E-state index contributed by atoms with van der Waals surface area (Å²) in [6, 6.07) is 0. The summed E-state index contributed by atoms with van der Waals surface area (Å²) in [4.78, 5) is 2.46. The topological polar surface area (TPSA) is 29.3 Å². The highest BCUT2D eigenvalue weighted by atomic mass is 15.1. The second kappa shape index (κ2) is 2.76. The zero-order valence-corrected chi connectivity index (χ0v) is 7.29. The SMILES string of the molecule is CN1C[C@H]2CCC(CN)[C@H]2C1. The Morgan fingerprint density at radius 1 is 1.36 bits per heavy atom. The third-order valence-electron chi connectivity index (χ3n) is 3.49. The van der Waals surface area contributed by atoms with Crippen molar-refractivity contribution in [1.82, 2.24) is 4.90 Å². The second-order valence-electron chi connectivity index (χ2n) is 4.22. The molecule has 2 nitrogen and oxygen atoms in total. The molecule has 0 aromatic heterocycles. The van der Waals surface area contributed by atoms with Gasteiger partial charge in [0.1, 0.15) is 0 Å². The van der Waals surface area contributed by atoms with Crippen molar-refractivity contribution in [2.24, 2.45) is 23.5 Å². The van der Waals surface area contributed by atoms with Crippen molar-refractivity contribution in [3.63, 3.8) is 0 Å². The summed E-state index contributed by atoms with van der Waals surface area (Å²) in [5.41, 5.74) is 5.72. The lowest BCUT2D eigenvalue weighted by molar-refractivity contribution is 0.337. The molecule has 0 bridgehead atoms. The number of likely N-dealkylation sites (tertiary alicyclic amines) is 1. The highest BCUT2D eigenvalue weighted by molar-refractivity contribution is 4.92. The molecule has 3 atom stereocenters. The fraction of sp³-hybridized carbons (Fsp3) is 1.00. The van der Waals surface area contributed by atoms with Gasteiger partial charge in [-0.2, -0.15) is 0 Å². The van der Waals surface area contributed by atoms with Crippen LogP contribution in [0.3, 0.4) is 0 Å². The Morgan fingerprint density at radius 2 is 2.18 bits per heavy atom. The quantitative estimate of drug-likeness (QED) is 0.597. The third kappa shape index (κ3) is 1.18. The van der Waals surface area contributed by atoms with Gasteiger partial charge in [-0.15, -0.1) is 0 Å². The van der Waals surface area contributed by atoms with Gasteiger partial charge in [-0.1, -0.05) is 0 Å². The minimum Gasteiger partial charge on any atom is -0.330 e. The zero-order valence-electron chi connectivity index (χ0n) is 7.29. The molecule has 1 aliphatic carbocycles. The molecule has 0 aromatic carbocycles. The Bertz CT molecular complexity index is 144. The van der Waals surface area contributed by atoms with Gasteiger partial charge >= 0.3 is 0 Å². The van der Waals surface area contributed by atoms with Gasteiger partial charge in [0.2, 0.25) is 0 Å². The van der Waals surface area contributed by atoms with Crippen molar-refractivity contribution in [1.29, 1.82) is 0 Å². The molecule has 11 heavy (non-hydrogen) atoms. The highest BCUT2D eigenvalue weighted by Gasteiger charge is 2.40. The van der Waals surface area contributed by atoms with E-state index in [1.54, 1.807) is 0 Å². The molecule has 1 aliphatic heterocycles. The summed E-state index contributed by atoms with van der Waals surface area (Å²) in [5, 5.41) is 0. The van der Waals surface area contributed by atoms with E-state index in [1.165, 1.54) is 25.9 Å². The number of hydrogen-bond donors (Lipinski definition) is 1. The predicted octanol–water partition coefficient (Wildman–Crippen LogP) is 0.533. The molecule has 1 unspecified atom stereocenters. The molecule has 2 aliphatic rings. The molecule has 2 heteroatoms. The van der Waals surface area contributed by atoms with Crippen LogP contribution in [-0.2, 0) is 0 Å². The van der Waals surface area contributed by atoms with Crippen molar-refractivity contribution in [2.75, 3.05) is 26.7 Å². The molecule has 1 heterocycles. The first kappa shape index (κ1) is 7.56. The lowest BCUT2D eigenvalue weighted by Gasteiger charge is -2.16. The Labute approximate surface area is 68.7 Å². The molecule has 64 valence electrons. The number of rotatable bonds is 1. The summed E-state index contributed by atoms with van der Waals surface area (Å²) in [6.45, 7) is 3.53. The summed E-state index contributed by atoms with van der Waals surface area (Å²) in [5.74, 6) is 2.75. The van der Waals surface area contributed by atoms with Gasteiger partial charge in [0.15, 0.2) is 0 Å². The largest absolute Gasteiger partial charge is 0.330 e. The van der Waals surface area contributed by atoms with E-state index in [9.17, 15) is 0 Å². The first-order chi connectivity index (χ1) is 5.31. The number of nitrogens with two attached hydrogens (primary N) is 1. The van der Waals surface area contributed by atoms with E-state index in [4.69, 9.17) is 5.73 Å². The van der Waals surface area contributed by atoms with Crippen molar-refractivity contribution in [2.45, 2.75) is 12.8 Å². The number of fused-ring (bicyclic) bond motifs is 1. The van der Waals surface area contributed by atoms with Crippen LogP contribution in [0, 0.1) is 17.8 Å². The lowest BCUT2D eigenvalue weighted by atomic mass is 9.93. The molecule has 2 rings (SSSR count). The standard InChI is InChI=1S/C9H18N2/c1-11-5-8-3-2-7(4-10)9(8)6-11/h7-9H,2-6,10H2,1H3/t7?,8-,9-/m1/s1. The average Bonchev–Trinajstić information content (AvgIpc) is 2.45. The fourth-order valence-corrected chi connectivity index (χ4v) is 2.89. The summed E-state index contributed by atoms with van der Waals surface area (Å²) >= 11 is 0. The summed E-state index contributed by atoms with van der Waals surface area (Å²) in [7, 11) is 2.23. The molecular formula is C9H18N2. The molecule has 2 fully saturated rings. The molecular weight excluding hydrogens is 136 g/mol. The van der Waals surface area contributed by atoms with Crippen LogP contribution in [0.5, 0.6) is 0 Å². The Hall–Kier alpha value is -0.0800. The highest BCUT2D eigenvalue weighted by Crippen LogP contribution is 2.40. The van der Waals surface area contributed by atoms with Crippen LogP contribution >= 0.6 is 0 Å². The first-order valence-electron chi connectivity index (χ1n) is 4.70. The van der Waals surface area contributed by atoms with E-state index in [1.807, 2.05) is 0 Å². The minimum absolute atomic E-state index is 0.838. The van der Waals surface area contributed by atoms with Crippen LogP contribution in [0.4, 0.5) is 0 Å². The number of hydrogen-bond acceptors (Lipinski definition) is 2. The van der Waals surface area contributed by atoms with E-state index in [0.717, 1.165) is 24.3 Å². The zero-order chi connectivity index (χ0) is 7.84. The number of nitrogens with zero attached hydrogens (tertiary/aromatic N) is 1. The maximum Gasteiger partial charge on any atom is 0.00130 e. The van der Waals surface area contributed by atoms with Crippen LogP contribution < -0.4 is 5.73 Å². The van der Waals surface area contributed by atoms with Gasteiger partial charge in [-0.25, -0.2) is 0 Å². The normalized spacial score (nSPS) is 44.7. The summed E-state index contributed by atoms with van der Waals surface area (Å²) in [6.07, 6.45) is 2.82. The van der Waals surface area contributed by atoms with Crippen LogP contribution in [0.2, 0.25) is 0 Å². The van der Waals surface area contributed by atoms with Crippen molar-refractivity contribution in [3.8, 4) is 0 Å². The fourth-order valence-electron chi connectivity index (χ4n) is 2.89.